The third-order valence-corrected chi connectivity index (χ3v) is 7.68. The molecule has 1 aromatic heterocycles. The first-order valence-corrected chi connectivity index (χ1v) is 12.6. The third kappa shape index (κ3) is 5.49. The quantitative estimate of drug-likeness (QED) is 0.373. The number of rotatable bonds is 10. The molecule has 7 atom stereocenters. The van der Waals surface area contributed by atoms with Crippen molar-refractivity contribution in [1.29, 1.82) is 0 Å². The number of alkyl carbamates (subject to hydrolysis) is 1. The monoisotopic (exact) mass is 492 g/mol. The standard InChI is InChI=1S/C25H40N4O6/c1-14(2)8-9-18-24(5,35-18)21-20(31-7)17(10-11-25(21)13-32-25)33-23(30)27-16(15(3)4)12-19-28-29-22(26-6)34-19/h8,15-18,20-21H,9-13H2,1-7H3,(H,26,29)(H,27,30)/t16-,17-,18-,20-,21?,24+,25+/m1/s1. The van der Waals surface area contributed by atoms with Gasteiger partial charge in [-0.05, 0) is 46.0 Å². The summed E-state index contributed by atoms with van der Waals surface area (Å²) in [5.74, 6) is 0.582. The molecule has 0 radical (unpaired) electrons. The highest BCUT2D eigenvalue weighted by molar-refractivity contribution is 5.68. The zero-order valence-electron chi connectivity index (χ0n) is 21.9. The predicted octanol–water partition coefficient (Wildman–Crippen LogP) is 3.48. The van der Waals surface area contributed by atoms with Crippen LogP contribution >= 0.6 is 0 Å². The van der Waals surface area contributed by atoms with E-state index in [0.717, 1.165) is 12.8 Å². The van der Waals surface area contributed by atoms with Crippen LogP contribution in [-0.2, 0) is 25.4 Å². The van der Waals surface area contributed by atoms with Gasteiger partial charge in [0, 0.05) is 26.6 Å². The van der Waals surface area contributed by atoms with Crippen molar-refractivity contribution < 1.29 is 28.2 Å². The summed E-state index contributed by atoms with van der Waals surface area (Å²) in [6.45, 7) is 11.1. The summed E-state index contributed by atoms with van der Waals surface area (Å²) in [6.07, 6.45) is 3.89. The molecule has 10 nitrogen and oxygen atoms in total. The zero-order valence-corrected chi connectivity index (χ0v) is 21.9. The first-order valence-electron chi connectivity index (χ1n) is 12.6. The van der Waals surface area contributed by atoms with Crippen LogP contribution < -0.4 is 10.6 Å². The van der Waals surface area contributed by atoms with Crippen molar-refractivity contribution in [3.63, 3.8) is 0 Å². The average Bonchev–Trinajstić information content (AvgIpc) is 3.67. The van der Waals surface area contributed by atoms with Gasteiger partial charge in [-0.25, -0.2) is 4.79 Å². The van der Waals surface area contributed by atoms with Crippen LogP contribution in [0.1, 0.15) is 59.8 Å². The SMILES string of the molecule is CNc1nnc(C[C@@H](NC(=O)O[C@@H]2CC[C@]3(CO3)C([C@@]3(C)O[C@@H]3CC=C(C)C)[C@@H]2OC)C(C)C)o1. The van der Waals surface area contributed by atoms with E-state index in [1.54, 1.807) is 14.2 Å². The molecule has 196 valence electrons. The number of anilines is 1. The molecule has 3 fully saturated rings. The number of carbonyl (C=O) groups excluding carboxylic acids is 1. The molecule has 0 bridgehead atoms. The second-order valence-corrected chi connectivity index (χ2v) is 10.8. The second kappa shape index (κ2) is 10.1. The van der Waals surface area contributed by atoms with E-state index in [-0.39, 0.29) is 41.3 Å². The lowest BCUT2D eigenvalue weighted by atomic mass is 9.68. The molecule has 1 spiro atoms. The molecule has 1 unspecified atom stereocenters. The number of allylic oxidation sites excluding steroid dienone is 1. The van der Waals surface area contributed by atoms with E-state index in [1.165, 1.54) is 5.57 Å². The van der Waals surface area contributed by atoms with Crippen molar-refractivity contribution in [2.24, 2.45) is 11.8 Å². The summed E-state index contributed by atoms with van der Waals surface area (Å²) < 4.78 is 29.7. The highest BCUT2D eigenvalue weighted by Gasteiger charge is 2.72. The molecule has 2 aliphatic heterocycles. The van der Waals surface area contributed by atoms with E-state index in [4.69, 9.17) is 23.4 Å². The number of nitrogens with one attached hydrogen (secondary N) is 2. The van der Waals surface area contributed by atoms with Crippen LogP contribution in [0.4, 0.5) is 10.8 Å². The molecule has 1 aromatic rings. The smallest absolute Gasteiger partial charge is 0.407 e. The minimum atomic E-state index is -0.474. The van der Waals surface area contributed by atoms with E-state index in [1.807, 2.05) is 13.8 Å². The summed E-state index contributed by atoms with van der Waals surface area (Å²) in [5, 5.41) is 13.8. The summed E-state index contributed by atoms with van der Waals surface area (Å²) in [6, 6.07) is 0.125. The van der Waals surface area contributed by atoms with Crippen molar-refractivity contribution in [1.82, 2.24) is 15.5 Å². The maximum atomic E-state index is 13.0. The Morgan fingerprint density at radius 2 is 2.06 bits per heavy atom. The van der Waals surface area contributed by atoms with Crippen LogP contribution in [0.5, 0.6) is 0 Å². The van der Waals surface area contributed by atoms with Gasteiger partial charge in [0.05, 0.1) is 18.6 Å². The van der Waals surface area contributed by atoms with Crippen molar-refractivity contribution in [3.8, 4) is 0 Å². The van der Waals surface area contributed by atoms with Gasteiger partial charge in [-0.1, -0.05) is 30.6 Å². The molecule has 1 aliphatic carbocycles. The summed E-state index contributed by atoms with van der Waals surface area (Å²) in [7, 11) is 3.39. The highest BCUT2D eigenvalue weighted by atomic mass is 16.6. The highest BCUT2D eigenvalue weighted by Crippen LogP contribution is 2.59. The van der Waals surface area contributed by atoms with E-state index >= 15 is 0 Å². The normalized spacial score (nSPS) is 34.4. The van der Waals surface area contributed by atoms with E-state index in [2.05, 4.69) is 47.7 Å². The molecule has 4 rings (SSSR count). The first-order chi connectivity index (χ1) is 16.6. The van der Waals surface area contributed by atoms with Crippen LogP contribution in [0.2, 0.25) is 0 Å². The Bertz CT molecular complexity index is 925. The first kappa shape index (κ1) is 25.9. The second-order valence-electron chi connectivity index (χ2n) is 10.8. The molecule has 2 saturated heterocycles. The maximum Gasteiger partial charge on any atom is 0.407 e. The summed E-state index contributed by atoms with van der Waals surface area (Å²) in [4.78, 5) is 13.0. The summed E-state index contributed by atoms with van der Waals surface area (Å²) >= 11 is 0. The Hall–Kier alpha value is -2.17. The molecule has 1 amide bonds. The van der Waals surface area contributed by atoms with Crippen LogP contribution in [0.15, 0.2) is 16.1 Å². The van der Waals surface area contributed by atoms with Gasteiger partial charge in [0.15, 0.2) is 0 Å². The van der Waals surface area contributed by atoms with Crippen molar-refractivity contribution >= 4 is 12.1 Å². The summed E-state index contributed by atoms with van der Waals surface area (Å²) in [5.41, 5.74) is 0.646. The zero-order chi connectivity index (χ0) is 25.4. The largest absolute Gasteiger partial charge is 0.443 e. The van der Waals surface area contributed by atoms with Gasteiger partial charge < -0.3 is 34.0 Å². The molecule has 35 heavy (non-hydrogen) atoms. The number of amides is 1. The van der Waals surface area contributed by atoms with Crippen molar-refractivity contribution in [3.05, 3.63) is 17.5 Å². The van der Waals surface area contributed by atoms with Gasteiger partial charge in [-0.15, -0.1) is 5.10 Å². The molecular formula is C25H40N4O6. The molecule has 0 aromatic carbocycles. The van der Waals surface area contributed by atoms with E-state index < -0.39 is 12.2 Å². The fraction of sp³-hybridized carbons (Fsp3) is 0.800. The maximum absolute atomic E-state index is 13.0. The number of carbonyl (C=O) groups is 1. The van der Waals surface area contributed by atoms with Gasteiger partial charge in [-0.3, -0.25) is 0 Å². The van der Waals surface area contributed by atoms with Gasteiger partial charge in [-0.2, -0.15) is 0 Å². The Labute approximate surface area is 207 Å². The fourth-order valence-electron chi connectivity index (χ4n) is 5.47. The Kier molecular flexibility index (Phi) is 7.45. The number of methoxy groups -OCH3 is 1. The molecular weight excluding hydrogens is 452 g/mol. The topological polar surface area (TPSA) is 124 Å². The fourth-order valence-corrected chi connectivity index (χ4v) is 5.47. The van der Waals surface area contributed by atoms with E-state index in [9.17, 15) is 4.79 Å². The predicted molar refractivity (Wildman–Crippen MR) is 129 cm³/mol. The lowest BCUT2D eigenvalue weighted by Crippen LogP contribution is -2.56. The Balaban J connectivity index is 1.41. The molecule has 1 saturated carbocycles. The van der Waals surface area contributed by atoms with Crippen LogP contribution in [0, 0.1) is 11.8 Å². The van der Waals surface area contributed by atoms with Crippen molar-refractivity contribution in [2.75, 3.05) is 26.1 Å². The van der Waals surface area contributed by atoms with Crippen LogP contribution in [0.25, 0.3) is 0 Å². The van der Waals surface area contributed by atoms with Crippen LogP contribution in [-0.4, -0.2) is 72.6 Å². The molecule has 3 heterocycles. The minimum absolute atomic E-state index is 0.0126. The number of ether oxygens (including phenoxy) is 4. The van der Waals surface area contributed by atoms with E-state index in [0.29, 0.717) is 31.4 Å². The average molecular weight is 493 g/mol. The molecule has 3 aliphatic rings. The number of hydrogen-bond donors (Lipinski definition) is 2. The number of nitrogens with zero attached hydrogens (tertiary/aromatic N) is 2. The minimum Gasteiger partial charge on any atom is -0.443 e. The lowest BCUT2D eigenvalue weighted by molar-refractivity contribution is -0.118. The van der Waals surface area contributed by atoms with Gasteiger partial charge >= 0.3 is 12.1 Å². The number of aromatic nitrogens is 2. The third-order valence-electron chi connectivity index (χ3n) is 7.68. The molecule has 2 N–H and O–H groups in total. The van der Waals surface area contributed by atoms with Gasteiger partial charge in [0.2, 0.25) is 5.89 Å². The van der Waals surface area contributed by atoms with Gasteiger partial charge in [0.1, 0.15) is 23.4 Å². The number of epoxide rings is 2. The van der Waals surface area contributed by atoms with Crippen LogP contribution in [0.3, 0.4) is 0 Å². The lowest BCUT2D eigenvalue weighted by Gasteiger charge is -2.42. The molecule has 10 heteroatoms. The van der Waals surface area contributed by atoms with Gasteiger partial charge in [0.25, 0.3) is 0 Å². The Morgan fingerprint density at radius 3 is 2.63 bits per heavy atom. The Morgan fingerprint density at radius 1 is 1.31 bits per heavy atom. The van der Waals surface area contributed by atoms with Crippen molar-refractivity contribution in [2.45, 2.75) is 95.9 Å². The number of hydrogen-bond acceptors (Lipinski definition) is 9.